The van der Waals surface area contributed by atoms with Gasteiger partial charge in [0.1, 0.15) is 40.7 Å². The Balaban J connectivity index is 0.707. The van der Waals surface area contributed by atoms with Crippen LogP contribution in [-0.4, -0.2) is 164 Å². The molecule has 9 aromatic rings. The van der Waals surface area contributed by atoms with Crippen molar-refractivity contribution in [3.05, 3.63) is 126 Å². The number of aromatic nitrogens is 9. The van der Waals surface area contributed by atoms with Crippen molar-refractivity contribution in [2.45, 2.75) is 50.1 Å². The molecule has 8 aliphatic heterocycles. The normalized spacial score (nSPS) is 21.3. The van der Waals surface area contributed by atoms with Crippen LogP contribution in [0, 0.1) is 22.7 Å². The summed E-state index contributed by atoms with van der Waals surface area (Å²) in [6.07, 6.45) is 17.7. The van der Waals surface area contributed by atoms with Gasteiger partial charge in [0, 0.05) is 173 Å². The van der Waals surface area contributed by atoms with Gasteiger partial charge in [0.2, 0.25) is 5.88 Å². The molecule has 17 heterocycles. The second-order valence-corrected chi connectivity index (χ2v) is 21.8. The summed E-state index contributed by atoms with van der Waals surface area (Å²) < 4.78 is 14.7. The summed E-state index contributed by atoms with van der Waals surface area (Å²) in [5.74, 6) is 2.53. The van der Waals surface area contributed by atoms with Gasteiger partial charge in [-0.2, -0.15) is 20.7 Å². The van der Waals surface area contributed by atoms with E-state index in [4.69, 9.17) is 29.5 Å². The number of morpholine rings is 1. The van der Waals surface area contributed by atoms with E-state index in [0.29, 0.717) is 66.6 Å². The van der Waals surface area contributed by atoms with Crippen molar-refractivity contribution in [3.63, 3.8) is 0 Å². The Hall–Kier alpha value is -8.66. The van der Waals surface area contributed by atoms with Crippen LogP contribution in [0.2, 0.25) is 0 Å². The minimum atomic E-state index is 0.302. The van der Waals surface area contributed by atoms with E-state index >= 15 is 0 Å². The molecule has 17 rings (SSSR count). The maximum absolute atomic E-state index is 11.3. The van der Waals surface area contributed by atoms with Crippen LogP contribution in [0.3, 0.4) is 0 Å². The van der Waals surface area contributed by atoms with Crippen LogP contribution >= 0.6 is 0 Å². The molecule has 0 aliphatic carbocycles. The standard InChI is InChI=1S/C59H58N18O2/c1-78-54-7-2-37(24-66-54)29-74-44-18-45(74)32-72(31-44)53-6-4-39(26-65-53)50-21-43(70-12-10-62-11-13-70)36-77-58(50)51(23-61)56(69-77)55-41(27-67-59-48(55)8-9-63-59)30-75-46-19-47(75)34-73(33-46)52-5-3-38(25-64-52)49-20-42(71-14-16-79-17-15-71)35-76-57(49)40(22-60)28-68-76/h2-9,20-21,24-28,35-36,44-47,62H,10-19,29-34H2,1H3,(H,63,67). The van der Waals surface area contributed by atoms with E-state index in [2.05, 4.69) is 117 Å². The van der Waals surface area contributed by atoms with E-state index in [9.17, 15) is 10.5 Å². The molecule has 79 heavy (non-hydrogen) atoms. The summed E-state index contributed by atoms with van der Waals surface area (Å²) in [5, 5.41) is 35.8. The Morgan fingerprint density at radius 3 is 1.94 bits per heavy atom. The van der Waals surface area contributed by atoms with Gasteiger partial charge in [-0.3, -0.25) is 9.80 Å². The van der Waals surface area contributed by atoms with Crippen LogP contribution in [0.5, 0.6) is 5.88 Å². The Labute approximate surface area is 456 Å². The number of nitrogens with zero attached hydrogens (tertiary/aromatic N) is 16. The number of ether oxygens (including phenoxy) is 2. The third kappa shape index (κ3) is 8.24. The second kappa shape index (κ2) is 19.4. The second-order valence-electron chi connectivity index (χ2n) is 21.8. The van der Waals surface area contributed by atoms with Crippen molar-refractivity contribution in [2.24, 2.45) is 0 Å². The number of anilines is 4. The highest BCUT2D eigenvalue weighted by Gasteiger charge is 2.46. The van der Waals surface area contributed by atoms with E-state index in [-0.39, 0.29) is 0 Å². The van der Waals surface area contributed by atoms with E-state index in [1.807, 2.05) is 52.3 Å². The number of rotatable bonds is 12. The van der Waals surface area contributed by atoms with E-state index in [1.165, 1.54) is 12.0 Å². The fourth-order valence-electron chi connectivity index (χ4n) is 13.4. The average molecular weight is 1050 g/mol. The van der Waals surface area contributed by atoms with Gasteiger partial charge in [0.15, 0.2) is 0 Å². The monoisotopic (exact) mass is 1050 g/mol. The van der Waals surface area contributed by atoms with Gasteiger partial charge in [-0.15, -0.1) is 0 Å². The molecule has 20 nitrogen and oxygen atoms in total. The largest absolute Gasteiger partial charge is 0.481 e. The molecule has 4 atom stereocenters. The van der Waals surface area contributed by atoms with Crippen LogP contribution in [0.25, 0.3) is 55.6 Å². The van der Waals surface area contributed by atoms with Gasteiger partial charge < -0.3 is 39.4 Å². The van der Waals surface area contributed by atoms with Gasteiger partial charge >= 0.3 is 0 Å². The minimum absolute atomic E-state index is 0.302. The predicted octanol–water partition coefficient (Wildman–Crippen LogP) is 5.97. The number of pyridine rings is 6. The highest BCUT2D eigenvalue weighted by atomic mass is 16.5. The van der Waals surface area contributed by atoms with Gasteiger partial charge in [-0.25, -0.2) is 29.0 Å². The van der Waals surface area contributed by atoms with Gasteiger partial charge in [-0.1, -0.05) is 6.07 Å². The number of H-pyrrole nitrogens is 1. The third-order valence-electron chi connectivity index (χ3n) is 17.5. The first-order valence-electron chi connectivity index (χ1n) is 27.5. The molecule has 8 aliphatic rings. The smallest absolute Gasteiger partial charge is 0.212 e. The lowest BCUT2D eigenvalue weighted by Gasteiger charge is -2.56. The number of nitrogens with one attached hydrogen (secondary N) is 2. The number of piperazine rings is 3. The predicted molar refractivity (Wildman–Crippen MR) is 300 cm³/mol. The van der Waals surface area contributed by atoms with Crippen molar-refractivity contribution in [3.8, 4) is 51.5 Å². The fraction of sp³-hybridized carbons (Fsp3) is 0.356. The third-order valence-corrected chi connectivity index (χ3v) is 17.5. The Morgan fingerprint density at radius 1 is 0.658 bits per heavy atom. The van der Waals surface area contributed by atoms with Crippen molar-refractivity contribution >= 4 is 45.1 Å². The molecule has 2 N–H and O–H groups in total. The molecule has 0 saturated carbocycles. The Kier molecular flexibility index (Phi) is 11.7. The zero-order valence-corrected chi connectivity index (χ0v) is 43.9. The first-order chi connectivity index (χ1) is 38.9. The molecule has 8 fully saturated rings. The van der Waals surface area contributed by atoms with E-state index in [0.717, 1.165) is 157 Å². The van der Waals surface area contributed by atoms with Crippen molar-refractivity contribution in [2.75, 3.05) is 105 Å². The number of nitriles is 2. The number of methoxy groups -OCH3 is 1. The maximum atomic E-state index is 11.3. The minimum Gasteiger partial charge on any atom is -0.481 e. The molecule has 8 saturated heterocycles. The molecule has 0 radical (unpaired) electrons. The zero-order chi connectivity index (χ0) is 52.7. The average Bonchev–Trinajstić information content (AvgIpc) is 4.50. The first-order valence-corrected chi connectivity index (χ1v) is 27.5. The van der Waals surface area contributed by atoms with Crippen molar-refractivity contribution in [1.29, 1.82) is 10.5 Å². The number of aromatic amines is 1. The zero-order valence-electron chi connectivity index (χ0n) is 43.9. The summed E-state index contributed by atoms with van der Waals surface area (Å²) in [6, 6.07) is 25.6. The molecule has 20 heteroatoms. The number of piperidine rings is 2. The van der Waals surface area contributed by atoms with E-state index < -0.39 is 0 Å². The summed E-state index contributed by atoms with van der Waals surface area (Å²) in [7, 11) is 1.65. The summed E-state index contributed by atoms with van der Waals surface area (Å²) in [4.78, 5) is 37.6. The quantitative estimate of drug-likeness (QED) is 0.145. The fourth-order valence-corrected chi connectivity index (χ4v) is 13.4. The molecule has 0 aromatic carbocycles. The SMILES string of the molecule is COc1ccc(CN2C3CC2CN(c2ccc(-c4cc(N5CCNCC5)cn5nc(-c6c(CN7C8CC7CN(c7ccc(-c9cc(N%10CCOCC%10)cn%10ncc(C#N)c9%10)cn7)C8)cnc7[nH]ccc67)c(C#N)c45)cn2)C3)cn1. The lowest BCUT2D eigenvalue weighted by Crippen LogP contribution is -2.68. The van der Waals surface area contributed by atoms with Gasteiger partial charge in [0.25, 0.3) is 0 Å². The van der Waals surface area contributed by atoms with Gasteiger partial charge in [-0.05, 0) is 66.4 Å². The molecular formula is C59H58N18O2. The lowest BCUT2D eigenvalue weighted by molar-refractivity contribution is -0.00877. The van der Waals surface area contributed by atoms with Crippen LogP contribution in [0.1, 0.15) is 35.1 Å². The van der Waals surface area contributed by atoms with Crippen LogP contribution in [0.4, 0.5) is 23.0 Å². The highest BCUT2D eigenvalue weighted by molar-refractivity contribution is 5.99. The van der Waals surface area contributed by atoms with E-state index in [1.54, 1.807) is 13.3 Å². The highest BCUT2D eigenvalue weighted by Crippen LogP contribution is 2.43. The number of fused-ring (bicyclic) bond motifs is 7. The topological polar surface area (TPSA) is 199 Å². The van der Waals surface area contributed by atoms with Crippen LogP contribution in [0.15, 0.2) is 104 Å². The summed E-state index contributed by atoms with van der Waals surface area (Å²) in [6.45, 7) is 11.5. The lowest BCUT2D eigenvalue weighted by atomic mass is 9.86. The van der Waals surface area contributed by atoms with Crippen molar-refractivity contribution < 1.29 is 9.47 Å². The van der Waals surface area contributed by atoms with Gasteiger partial charge in [0.05, 0.1) is 66.9 Å². The molecule has 0 amide bonds. The maximum Gasteiger partial charge on any atom is 0.212 e. The Morgan fingerprint density at radius 2 is 1.32 bits per heavy atom. The summed E-state index contributed by atoms with van der Waals surface area (Å²) >= 11 is 0. The Bertz CT molecular complexity index is 3840. The first kappa shape index (κ1) is 47.5. The van der Waals surface area contributed by atoms with Crippen LogP contribution < -0.4 is 29.7 Å². The van der Waals surface area contributed by atoms with Crippen LogP contribution in [-0.2, 0) is 17.8 Å². The van der Waals surface area contributed by atoms with Crippen molar-refractivity contribution in [1.82, 2.24) is 59.3 Å². The number of hydrogen-bond donors (Lipinski definition) is 2. The molecule has 0 spiro atoms. The summed E-state index contributed by atoms with van der Waals surface area (Å²) in [5.41, 5.74) is 13.0. The molecular weight excluding hydrogens is 993 g/mol. The molecule has 9 aromatic heterocycles. The number of hydrogen-bond acceptors (Lipinski definition) is 17. The molecule has 4 bridgehead atoms. The molecule has 4 unspecified atom stereocenters. The molecule has 396 valence electrons.